The van der Waals surface area contributed by atoms with Crippen molar-refractivity contribution in [2.24, 2.45) is 0 Å². The molecule has 4 nitrogen and oxygen atoms in total. The zero-order valence-electron chi connectivity index (χ0n) is 16.2. The Morgan fingerprint density at radius 2 is 1.89 bits per heavy atom. The maximum atomic E-state index is 12.1. The number of likely N-dealkylation sites (N-methyl/N-ethyl adjacent to an activating group) is 1. The molecule has 3 rings (SSSR count). The molecule has 0 unspecified atom stereocenters. The molecule has 0 N–H and O–H groups in total. The van der Waals surface area contributed by atoms with Gasteiger partial charge in [0.15, 0.2) is 0 Å². The number of hydrogen-bond donors (Lipinski definition) is 0. The minimum Gasteiger partial charge on any atom is -0.493 e. The van der Waals surface area contributed by atoms with Crippen molar-refractivity contribution in [3.8, 4) is 11.5 Å². The molecule has 0 aliphatic carbocycles. The Hall–Kier alpha value is -2.31. The van der Waals surface area contributed by atoms with Gasteiger partial charge in [-0.2, -0.15) is 0 Å². The third kappa shape index (κ3) is 5.14. The lowest BCUT2D eigenvalue weighted by Crippen LogP contribution is -2.22. The number of thioether (sulfide) groups is 1. The summed E-state index contributed by atoms with van der Waals surface area (Å²) in [6.07, 6.45) is 2.63. The zero-order valence-corrected chi connectivity index (χ0v) is 17.9. The molecule has 1 amide bonds. The lowest BCUT2D eigenvalue weighted by Gasteiger charge is -2.11. The van der Waals surface area contributed by atoms with E-state index >= 15 is 0 Å². The van der Waals surface area contributed by atoms with Crippen LogP contribution in [0.1, 0.15) is 23.1 Å². The molecule has 2 aromatic rings. The molecule has 1 saturated heterocycles. The van der Waals surface area contributed by atoms with Gasteiger partial charge in [0, 0.05) is 13.5 Å². The van der Waals surface area contributed by atoms with Crippen molar-refractivity contribution < 1.29 is 14.3 Å². The fraction of sp³-hybridized carbons (Fsp3) is 0.273. The van der Waals surface area contributed by atoms with E-state index in [4.69, 9.17) is 21.7 Å². The highest BCUT2D eigenvalue weighted by Crippen LogP contribution is 2.31. The van der Waals surface area contributed by atoms with Gasteiger partial charge < -0.3 is 9.47 Å². The molecule has 0 atom stereocenters. The largest absolute Gasteiger partial charge is 0.493 e. The molecule has 146 valence electrons. The molecule has 0 saturated carbocycles. The van der Waals surface area contributed by atoms with Crippen LogP contribution in [0.5, 0.6) is 11.5 Å². The van der Waals surface area contributed by atoms with Crippen LogP contribution in [0.2, 0.25) is 0 Å². The van der Waals surface area contributed by atoms with Gasteiger partial charge in [-0.25, -0.2) is 0 Å². The van der Waals surface area contributed by atoms with Crippen molar-refractivity contribution >= 4 is 40.3 Å². The van der Waals surface area contributed by atoms with Crippen molar-refractivity contribution in [1.82, 2.24) is 4.90 Å². The van der Waals surface area contributed by atoms with Gasteiger partial charge in [-0.1, -0.05) is 48.2 Å². The summed E-state index contributed by atoms with van der Waals surface area (Å²) in [4.78, 5) is 14.2. The minimum atomic E-state index is -0.0649. The number of rotatable bonds is 7. The van der Waals surface area contributed by atoms with Crippen LogP contribution in [-0.4, -0.2) is 35.4 Å². The summed E-state index contributed by atoms with van der Waals surface area (Å²) in [6, 6.07) is 13.9. The van der Waals surface area contributed by atoms with Crippen LogP contribution in [0.3, 0.4) is 0 Å². The van der Waals surface area contributed by atoms with Crippen LogP contribution < -0.4 is 9.47 Å². The van der Waals surface area contributed by atoms with Gasteiger partial charge in [0.05, 0.1) is 18.1 Å². The Labute approximate surface area is 175 Å². The number of ether oxygens (including phenoxy) is 2. The third-order valence-electron chi connectivity index (χ3n) is 4.30. The maximum Gasteiger partial charge on any atom is 0.265 e. The molecule has 0 aromatic heterocycles. The van der Waals surface area contributed by atoms with Gasteiger partial charge in [-0.15, -0.1) is 0 Å². The van der Waals surface area contributed by atoms with Crippen LogP contribution in [0.15, 0.2) is 47.4 Å². The predicted octanol–water partition coefficient (Wildman–Crippen LogP) is 4.98. The summed E-state index contributed by atoms with van der Waals surface area (Å²) in [5.41, 5.74) is 3.24. The van der Waals surface area contributed by atoms with Crippen LogP contribution in [0.4, 0.5) is 0 Å². The first kappa shape index (κ1) is 20.4. The predicted molar refractivity (Wildman–Crippen MR) is 119 cm³/mol. The van der Waals surface area contributed by atoms with Crippen LogP contribution in [-0.2, 0) is 4.79 Å². The molecule has 0 spiro atoms. The smallest absolute Gasteiger partial charge is 0.265 e. The number of thiocarbonyl (C=S) groups is 1. The van der Waals surface area contributed by atoms with Crippen molar-refractivity contribution in [3.63, 3.8) is 0 Å². The highest BCUT2D eigenvalue weighted by molar-refractivity contribution is 8.26. The zero-order chi connectivity index (χ0) is 20.1. The Morgan fingerprint density at radius 1 is 1.11 bits per heavy atom. The fourth-order valence-corrected chi connectivity index (χ4v) is 3.86. The summed E-state index contributed by atoms with van der Waals surface area (Å²) >= 11 is 6.48. The van der Waals surface area contributed by atoms with Crippen LogP contribution >= 0.6 is 24.0 Å². The fourth-order valence-electron chi connectivity index (χ4n) is 2.68. The Kier molecular flexibility index (Phi) is 6.75. The highest BCUT2D eigenvalue weighted by atomic mass is 32.2. The summed E-state index contributed by atoms with van der Waals surface area (Å²) in [5, 5.41) is 0. The second kappa shape index (κ2) is 9.26. The number of aryl methyl sites for hydroxylation is 2. The van der Waals surface area contributed by atoms with E-state index in [1.165, 1.54) is 22.2 Å². The first-order valence-electron chi connectivity index (χ1n) is 9.08. The average Bonchev–Trinajstić information content (AvgIpc) is 2.91. The van der Waals surface area contributed by atoms with E-state index in [0.717, 1.165) is 29.0 Å². The normalized spacial score (nSPS) is 15.4. The molecule has 1 fully saturated rings. The second-order valence-electron chi connectivity index (χ2n) is 6.63. The number of amides is 1. The molecule has 1 aliphatic rings. The molecule has 0 bridgehead atoms. The van der Waals surface area contributed by atoms with Gasteiger partial charge in [-0.05, 0) is 54.8 Å². The quantitative estimate of drug-likeness (QED) is 0.364. The highest BCUT2D eigenvalue weighted by Gasteiger charge is 2.28. The van der Waals surface area contributed by atoms with Gasteiger partial charge in [0.1, 0.15) is 15.8 Å². The molecule has 28 heavy (non-hydrogen) atoms. The maximum absolute atomic E-state index is 12.1. The van der Waals surface area contributed by atoms with E-state index in [-0.39, 0.29) is 5.91 Å². The summed E-state index contributed by atoms with van der Waals surface area (Å²) in [6.45, 7) is 5.26. The standard InChI is InChI=1S/C22H23NO3S2/c1-15-8-9-16(2)19(12-15)26-11-5-10-25-18-7-4-6-17(13-18)14-20-21(24)23(3)22(27)28-20/h4,6-9,12-14H,5,10-11H2,1-3H3. The Balaban J connectivity index is 1.51. The average molecular weight is 414 g/mol. The molecule has 1 aliphatic heterocycles. The third-order valence-corrected chi connectivity index (χ3v) is 5.79. The molecule has 6 heteroatoms. The minimum absolute atomic E-state index is 0.0649. The van der Waals surface area contributed by atoms with Gasteiger partial charge in [0.2, 0.25) is 0 Å². The summed E-state index contributed by atoms with van der Waals surface area (Å²) in [5.74, 6) is 1.63. The monoisotopic (exact) mass is 413 g/mol. The van der Waals surface area contributed by atoms with Crippen molar-refractivity contribution in [1.29, 1.82) is 0 Å². The van der Waals surface area contributed by atoms with Crippen molar-refractivity contribution in [2.45, 2.75) is 20.3 Å². The van der Waals surface area contributed by atoms with E-state index in [0.29, 0.717) is 22.4 Å². The number of carbonyl (C=O) groups excluding carboxylic acids is 1. The van der Waals surface area contributed by atoms with E-state index < -0.39 is 0 Å². The number of carbonyl (C=O) groups is 1. The lowest BCUT2D eigenvalue weighted by atomic mass is 10.1. The Morgan fingerprint density at radius 3 is 2.64 bits per heavy atom. The molecule has 2 aromatic carbocycles. The van der Waals surface area contributed by atoms with Gasteiger partial charge in [-0.3, -0.25) is 9.69 Å². The summed E-state index contributed by atoms with van der Waals surface area (Å²) in [7, 11) is 1.69. The molecule has 1 heterocycles. The lowest BCUT2D eigenvalue weighted by molar-refractivity contribution is -0.121. The molecular weight excluding hydrogens is 390 g/mol. The number of hydrogen-bond acceptors (Lipinski definition) is 5. The molecule has 0 radical (unpaired) electrons. The van der Waals surface area contributed by atoms with Crippen LogP contribution in [0.25, 0.3) is 6.08 Å². The van der Waals surface area contributed by atoms with E-state index in [9.17, 15) is 4.79 Å². The van der Waals surface area contributed by atoms with E-state index in [1.54, 1.807) is 7.05 Å². The van der Waals surface area contributed by atoms with Gasteiger partial charge in [0.25, 0.3) is 5.91 Å². The first-order valence-corrected chi connectivity index (χ1v) is 10.3. The van der Waals surface area contributed by atoms with Crippen molar-refractivity contribution in [2.75, 3.05) is 20.3 Å². The van der Waals surface area contributed by atoms with Crippen molar-refractivity contribution in [3.05, 3.63) is 64.1 Å². The topological polar surface area (TPSA) is 38.8 Å². The Bertz CT molecular complexity index is 924. The first-order chi connectivity index (χ1) is 13.4. The number of nitrogens with zero attached hydrogens (tertiary/aromatic N) is 1. The number of benzene rings is 2. The van der Waals surface area contributed by atoms with E-state index in [1.807, 2.05) is 37.3 Å². The SMILES string of the molecule is Cc1ccc(C)c(OCCCOc2cccc(C=C3SC(=S)N(C)C3=O)c2)c1. The van der Waals surface area contributed by atoms with E-state index in [2.05, 4.69) is 25.1 Å². The van der Waals surface area contributed by atoms with Crippen LogP contribution in [0, 0.1) is 13.8 Å². The summed E-state index contributed by atoms with van der Waals surface area (Å²) < 4.78 is 12.3. The molecular formula is C22H23NO3S2. The second-order valence-corrected chi connectivity index (χ2v) is 8.31. The van der Waals surface area contributed by atoms with Gasteiger partial charge >= 0.3 is 0 Å².